The topological polar surface area (TPSA) is 29.5 Å². The van der Waals surface area contributed by atoms with Gasteiger partial charge >= 0.3 is 0 Å². The smallest absolute Gasteiger partial charge is 0.0870 e. The van der Waals surface area contributed by atoms with Crippen molar-refractivity contribution in [2.45, 2.75) is 6.10 Å². The van der Waals surface area contributed by atoms with Crippen LogP contribution in [0.2, 0.25) is 0 Å². The van der Waals surface area contributed by atoms with Crippen molar-refractivity contribution in [1.82, 2.24) is 0 Å². The molecule has 0 aliphatic heterocycles. The summed E-state index contributed by atoms with van der Waals surface area (Å²) in [5.41, 5.74) is 0. The van der Waals surface area contributed by atoms with Gasteiger partial charge in [-0.05, 0) is 0 Å². The Labute approximate surface area is 51.6 Å². The number of methoxy groups -OCH3 is 1. The summed E-state index contributed by atoms with van der Waals surface area (Å²) in [6.07, 6.45) is -0.356. The molecule has 0 saturated heterocycles. The molecule has 0 bridgehead atoms. The number of hydrogen-bond donors (Lipinski definition) is 1. The van der Waals surface area contributed by atoms with E-state index in [2.05, 4.69) is 20.7 Å². The number of hydrogen-bond acceptors (Lipinski definition) is 2. The van der Waals surface area contributed by atoms with Crippen LogP contribution >= 0.6 is 15.9 Å². The zero-order valence-electron chi connectivity index (χ0n) is 4.22. The van der Waals surface area contributed by atoms with Gasteiger partial charge in [-0.25, -0.2) is 0 Å². The second kappa shape index (κ2) is 4.56. The van der Waals surface area contributed by atoms with E-state index in [0.29, 0.717) is 11.9 Å². The van der Waals surface area contributed by atoms with Gasteiger partial charge in [-0.2, -0.15) is 0 Å². The lowest BCUT2D eigenvalue weighted by Crippen LogP contribution is -2.14. The lowest BCUT2D eigenvalue weighted by Gasteiger charge is -2.01. The van der Waals surface area contributed by atoms with E-state index in [9.17, 15) is 0 Å². The molecule has 44 valence electrons. The first-order chi connectivity index (χ1) is 3.31. The van der Waals surface area contributed by atoms with Crippen LogP contribution in [-0.2, 0) is 4.74 Å². The van der Waals surface area contributed by atoms with Crippen LogP contribution in [0.5, 0.6) is 0 Å². The van der Waals surface area contributed by atoms with E-state index >= 15 is 0 Å². The summed E-state index contributed by atoms with van der Waals surface area (Å²) < 4.78 is 4.61. The molecule has 3 heteroatoms. The molecule has 0 aliphatic carbocycles. The van der Waals surface area contributed by atoms with Gasteiger partial charge in [0, 0.05) is 12.4 Å². The van der Waals surface area contributed by atoms with E-state index in [1.807, 2.05) is 0 Å². The molecule has 0 saturated carbocycles. The maximum Gasteiger partial charge on any atom is 0.0870 e. The van der Waals surface area contributed by atoms with Crippen molar-refractivity contribution in [3.63, 3.8) is 0 Å². The van der Waals surface area contributed by atoms with Gasteiger partial charge in [0.2, 0.25) is 0 Å². The number of aliphatic hydroxyl groups is 1. The summed E-state index contributed by atoms with van der Waals surface area (Å²) >= 11 is 3.09. The summed E-state index contributed by atoms with van der Waals surface area (Å²) in [5.74, 6) is 0. The highest BCUT2D eigenvalue weighted by molar-refractivity contribution is 9.09. The van der Waals surface area contributed by atoms with Crippen molar-refractivity contribution < 1.29 is 9.84 Å². The molecule has 1 unspecified atom stereocenters. The monoisotopic (exact) mass is 168 g/mol. The van der Waals surface area contributed by atoms with Crippen LogP contribution in [0.15, 0.2) is 0 Å². The van der Waals surface area contributed by atoms with Gasteiger partial charge in [-0.1, -0.05) is 15.9 Å². The first-order valence-corrected chi connectivity index (χ1v) is 3.16. The van der Waals surface area contributed by atoms with Crippen molar-refractivity contribution in [2.24, 2.45) is 0 Å². The van der Waals surface area contributed by atoms with Crippen LogP contribution in [0.25, 0.3) is 0 Å². The van der Waals surface area contributed by atoms with Crippen molar-refractivity contribution in [1.29, 1.82) is 0 Å². The van der Waals surface area contributed by atoms with Crippen molar-refractivity contribution in [3.05, 3.63) is 0 Å². The summed E-state index contributed by atoms with van der Waals surface area (Å²) in [6, 6.07) is 0. The minimum atomic E-state index is -0.356. The molecule has 0 aromatic heterocycles. The lowest BCUT2D eigenvalue weighted by atomic mass is 10.4. The summed E-state index contributed by atoms with van der Waals surface area (Å²) in [5, 5.41) is 9.27. The van der Waals surface area contributed by atoms with Crippen molar-refractivity contribution in [3.8, 4) is 0 Å². The zero-order chi connectivity index (χ0) is 5.70. The fourth-order valence-electron chi connectivity index (χ4n) is 0.237. The second-order valence-electron chi connectivity index (χ2n) is 1.26. The Kier molecular flexibility index (Phi) is 4.82. The molecule has 0 aromatic rings. The van der Waals surface area contributed by atoms with E-state index in [1.165, 1.54) is 0 Å². The Morgan fingerprint density at radius 1 is 1.86 bits per heavy atom. The number of ether oxygens (including phenoxy) is 1. The quantitative estimate of drug-likeness (QED) is 0.619. The minimum absolute atomic E-state index is 0.356. The van der Waals surface area contributed by atoms with Crippen molar-refractivity contribution in [2.75, 3.05) is 19.0 Å². The van der Waals surface area contributed by atoms with Gasteiger partial charge in [-0.15, -0.1) is 0 Å². The maximum absolute atomic E-state index is 8.69. The number of alkyl halides is 1. The standard InChI is InChI=1S/C4H9BrO2/c1-7-3-4(6)2-5/h4,6H,2-3H2,1H3. The maximum atomic E-state index is 8.69. The van der Waals surface area contributed by atoms with Crippen molar-refractivity contribution >= 4 is 15.9 Å². The van der Waals surface area contributed by atoms with E-state index < -0.39 is 0 Å². The van der Waals surface area contributed by atoms with Crippen LogP contribution in [0.1, 0.15) is 0 Å². The Hall–Kier alpha value is 0.400. The van der Waals surface area contributed by atoms with E-state index in [-0.39, 0.29) is 6.10 Å². The molecule has 0 aliphatic rings. The Bertz CT molecular complexity index is 40.7. The number of aliphatic hydroxyl groups excluding tert-OH is 1. The lowest BCUT2D eigenvalue weighted by molar-refractivity contribution is 0.0801. The number of rotatable bonds is 3. The molecule has 2 nitrogen and oxygen atoms in total. The summed E-state index contributed by atoms with van der Waals surface area (Å²) in [7, 11) is 1.56. The van der Waals surface area contributed by atoms with Gasteiger partial charge in [0.25, 0.3) is 0 Å². The van der Waals surface area contributed by atoms with Crippen LogP contribution < -0.4 is 0 Å². The third-order valence-corrected chi connectivity index (χ3v) is 1.28. The Balaban J connectivity index is 2.83. The highest BCUT2D eigenvalue weighted by Gasteiger charge is 1.96. The predicted molar refractivity (Wildman–Crippen MR) is 31.7 cm³/mol. The van der Waals surface area contributed by atoms with Gasteiger partial charge < -0.3 is 9.84 Å². The fraction of sp³-hybridized carbons (Fsp3) is 1.00. The predicted octanol–water partition coefficient (Wildman–Crippen LogP) is 0.389. The number of halogens is 1. The average molecular weight is 169 g/mol. The normalized spacial score (nSPS) is 14.1. The van der Waals surface area contributed by atoms with E-state index in [4.69, 9.17) is 5.11 Å². The van der Waals surface area contributed by atoms with Crippen LogP contribution in [0, 0.1) is 0 Å². The van der Waals surface area contributed by atoms with E-state index in [1.54, 1.807) is 7.11 Å². The van der Waals surface area contributed by atoms with Gasteiger partial charge in [0.1, 0.15) is 0 Å². The van der Waals surface area contributed by atoms with Crippen LogP contribution in [-0.4, -0.2) is 30.3 Å². The molecular weight excluding hydrogens is 160 g/mol. The highest BCUT2D eigenvalue weighted by Crippen LogP contribution is 1.88. The molecule has 0 amide bonds. The summed E-state index contributed by atoms with van der Waals surface area (Å²) in [4.78, 5) is 0. The van der Waals surface area contributed by atoms with Gasteiger partial charge in [0.05, 0.1) is 12.7 Å². The first-order valence-electron chi connectivity index (χ1n) is 2.04. The Morgan fingerprint density at radius 2 is 2.43 bits per heavy atom. The Morgan fingerprint density at radius 3 is 2.57 bits per heavy atom. The minimum Gasteiger partial charge on any atom is -0.390 e. The van der Waals surface area contributed by atoms with Gasteiger partial charge in [-0.3, -0.25) is 0 Å². The third-order valence-electron chi connectivity index (χ3n) is 0.537. The first kappa shape index (κ1) is 7.40. The third kappa shape index (κ3) is 4.25. The molecule has 0 heterocycles. The molecule has 0 fully saturated rings. The van der Waals surface area contributed by atoms with Crippen LogP contribution in [0.3, 0.4) is 0 Å². The van der Waals surface area contributed by atoms with E-state index in [0.717, 1.165) is 0 Å². The SMILES string of the molecule is COCC(O)CBr. The molecular formula is C4H9BrO2. The van der Waals surface area contributed by atoms with Gasteiger partial charge in [0.15, 0.2) is 0 Å². The average Bonchev–Trinajstić information content (AvgIpc) is 1.68. The molecule has 0 rings (SSSR count). The largest absolute Gasteiger partial charge is 0.390 e. The molecule has 1 atom stereocenters. The molecule has 0 aromatic carbocycles. The molecule has 0 spiro atoms. The fourth-order valence-corrected chi connectivity index (χ4v) is 0.424. The molecule has 7 heavy (non-hydrogen) atoms. The van der Waals surface area contributed by atoms with Crippen LogP contribution in [0.4, 0.5) is 0 Å². The second-order valence-corrected chi connectivity index (χ2v) is 1.91. The summed E-state index contributed by atoms with van der Waals surface area (Å²) in [6.45, 7) is 0.408. The molecule has 1 N–H and O–H groups in total. The highest BCUT2D eigenvalue weighted by atomic mass is 79.9. The molecule has 0 radical (unpaired) electrons. The zero-order valence-corrected chi connectivity index (χ0v) is 5.81.